The fraction of sp³-hybridized carbons (Fsp3) is 0.214. The average molecular weight is 289 g/mol. The highest BCUT2D eigenvalue weighted by Crippen LogP contribution is 2.17. The molecule has 5 nitrogen and oxygen atoms in total. The topological polar surface area (TPSA) is 75.4 Å². The Kier molecular flexibility index (Phi) is 3.96. The van der Waals surface area contributed by atoms with E-state index in [2.05, 4.69) is 5.32 Å². The molecule has 1 fully saturated rings. The van der Waals surface area contributed by atoms with Crippen molar-refractivity contribution in [2.75, 3.05) is 19.0 Å². The summed E-state index contributed by atoms with van der Waals surface area (Å²) < 4.78 is 0. The molecule has 3 N–H and O–H groups in total. The van der Waals surface area contributed by atoms with Crippen molar-refractivity contribution in [1.82, 2.24) is 5.32 Å². The van der Waals surface area contributed by atoms with E-state index in [0.29, 0.717) is 0 Å². The molecule has 1 heterocycles. The van der Waals surface area contributed by atoms with Gasteiger partial charge in [-0.3, -0.25) is 9.59 Å². The van der Waals surface area contributed by atoms with Crippen molar-refractivity contribution in [2.24, 2.45) is 5.73 Å². The van der Waals surface area contributed by atoms with Gasteiger partial charge in [0.2, 0.25) is 0 Å². The molecule has 1 aliphatic heterocycles. The van der Waals surface area contributed by atoms with Crippen LogP contribution in [0.25, 0.3) is 6.08 Å². The first kappa shape index (κ1) is 14.4. The summed E-state index contributed by atoms with van der Waals surface area (Å²) in [6, 6.07) is 6.53. The molecule has 1 aromatic rings. The van der Waals surface area contributed by atoms with Gasteiger partial charge < -0.3 is 16.0 Å². The third kappa shape index (κ3) is 2.76. The Morgan fingerprint density at radius 1 is 1.25 bits per heavy atom. The van der Waals surface area contributed by atoms with Gasteiger partial charge in [0.05, 0.1) is 5.57 Å². The summed E-state index contributed by atoms with van der Waals surface area (Å²) in [5, 5.41) is 2.43. The van der Waals surface area contributed by atoms with Crippen LogP contribution in [0.3, 0.4) is 0 Å². The third-order valence-corrected chi connectivity index (χ3v) is 3.39. The largest absolute Gasteiger partial charge is 0.378 e. The number of rotatable bonds is 2. The minimum absolute atomic E-state index is 0.0312. The Bertz CT molecular complexity index is 605. The number of amides is 1. The van der Waals surface area contributed by atoms with Gasteiger partial charge in [-0.15, -0.1) is 0 Å². The smallest absolute Gasteiger partial charge is 0.259 e. The first-order chi connectivity index (χ1) is 9.40. The number of nitrogens with zero attached hydrogens (tertiary/aromatic N) is 1. The Hall–Kier alpha value is -2.05. The van der Waals surface area contributed by atoms with Crippen LogP contribution in [-0.2, 0) is 9.59 Å². The molecule has 1 atom stereocenters. The molecule has 1 saturated heterocycles. The normalized spacial score (nSPS) is 21.1. The molecule has 2 rings (SSSR count). The van der Waals surface area contributed by atoms with Crippen LogP contribution in [0, 0.1) is 0 Å². The van der Waals surface area contributed by atoms with E-state index in [9.17, 15) is 9.59 Å². The molecule has 1 aromatic carbocycles. The third-order valence-electron chi connectivity index (χ3n) is 3.03. The fourth-order valence-corrected chi connectivity index (χ4v) is 2.03. The van der Waals surface area contributed by atoms with Crippen LogP contribution in [0.4, 0.5) is 5.69 Å². The number of nitrogens with two attached hydrogens (primary N) is 1. The summed E-state index contributed by atoms with van der Waals surface area (Å²) in [6.07, 6.45) is 1.53. The number of hydrogen-bond donors (Lipinski definition) is 2. The van der Waals surface area contributed by atoms with E-state index in [0.717, 1.165) is 11.3 Å². The maximum Gasteiger partial charge on any atom is 0.259 e. The lowest BCUT2D eigenvalue weighted by atomic mass is 9.97. The van der Waals surface area contributed by atoms with E-state index in [4.69, 9.17) is 18.0 Å². The van der Waals surface area contributed by atoms with Gasteiger partial charge in [0, 0.05) is 19.8 Å². The van der Waals surface area contributed by atoms with Crippen LogP contribution >= 0.6 is 12.2 Å². The van der Waals surface area contributed by atoms with Gasteiger partial charge in [0.1, 0.15) is 11.0 Å². The van der Waals surface area contributed by atoms with Gasteiger partial charge in [0.15, 0.2) is 5.78 Å². The zero-order valence-corrected chi connectivity index (χ0v) is 12.0. The summed E-state index contributed by atoms with van der Waals surface area (Å²) >= 11 is 4.84. The van der Waals surface area contributed by atoms with Gasteiger partial charge in [-0.1, -0.05) is 24.4 Å². The monoisotopic (exact) mass is 289 g/mol. The van der Waals surface area contributed by atoms with E-state index in [1.54, 1.807) is 0 Å². The molecule has 0 saturated carbocycles. The van der Waals surface area contributed by atoms with Crippen molar-refractivity contribution >= 4 is 40.7 Å². The Labute approximate surface area is 122 Å². The predicted octanol–water partition coefficient (Wildman–Crippen LogP) is 0.490. The van der Waals surface area contributed by atoms with Crippen LogP contribution in [0.2, 0.25) is 0 Å². The molecule has 0 radical (unpaired) electrons. The SMILES string of the molecule is CN(C)c1ccc(/C=C2/C(=O)NC(=S)[C@H](N)C2=O)cc1. The van der Waals surface area contributed by atoms with Crippen LogP contribution in [0.1, 0.15) is 5.56 Å². The first-order valence-electron chi connectivity index (χ1n) is 6.04. The van der Waals surface area contributed by atoms with Crippen molar-refractivity contribution in [2.45, 2.75) is 6.04 Å². The quantitative estimate of drug-likeness (QED) is 0.471. The predicted molar refractivity (Wildman–Crippen MR) is 82.5 cm³/mol. The standard InChI is InChI=1S/C14H15N3O2S/c1-17(2)9-5-3-8(4-6-9)7-10-12(18)11(15)14(20)16-13(10)19/h3-7,11H,15H2,1-2H3,(H,16,19,20)/b10-7+/t11-/m1/s1. The molecule has 0 bridgehead atoms. The van der Waals surface area contributed by atoms with Gasteiger partial charge in [0.25, 0.3) is 5.91 Å². The second-order valence-electron chi connectivity index (χ2n) is 4.70. The molecule has 0 aliphatic carbocycles. The molecular weight excluding hydrogens is 274 g/mol. The summed E-state index contributed by atoms with van der Waals surface area (Å²) in [7, 11) is 3.87. The lowest BCUT2D eigenvalue weighted by Gasteiger charge is -2.20. The zero-order valence-electron chi connectivity index (χ0n) is 11.2. The van der Waals surface area contributed by atoms with Gasteiger partial charge in [-0.25, -0.2) is 0 Å². The second kappa shape index (κ2) is 5.52. The Balaban J connectivity index is 2.31. The number of hydrogen-bond acceptors (Lipinski definition) is 5. The lowest BCUT2D eigenvalue weighted by molar-refractivity contribution is -0.122. The molecule has 1 amide bonds. The summed E-state index contributed by atoms with van der Waals surface area (Å²) in [4.78, 5) is 25.8. The van der Waals surface area contributed by atoms with Crippen LogP contribution in [-0.4, -0.2) is 36.8 Å². The Morgan fingerprint density at radius 2 is 1.85 bits per heavy atom. The molecule has 104 valence electrons. The number of Topliss-reactive ketones (excluding diaryl/α,β-unsaturated/α-hetero) is 1. The molecule has 0 unspecified atom stereocenters. The summed E-state index contributed by atoms with van der Waals surface area (Å²) in [6.45, 7) is 0. The maximum atomic E-state index is 12.0. The number of anilines is 1. The molecule has 1 aliphatic rings. The highest BCUT2D eigenvalue weighted by atomic mass is 32.1. The summed E-state index contributed by atoms with van der Waals surface area (Å²) in [5.41, 5.74) is 7.46. The molecule has 0 spiro atoms. The number of ketones is 1. The van der Waals surface area contributed by atoms with Crippen molar-refractivity contribution in [1.29, 1.82) is 0 Å². The van der Waals surface area contributed by atoms with Gasteiger partial charge in [-0.2, -0.15) is 0 Å². The van der Waals surface area contributed by atoms with E-state index in [-0.39, 0.29) is 10.6 Å². The average Bonchev–Trinajstić information content (AvgIpc) is 2.42. The van der Waals surface area contributed by atoms with Crippen LogP contribution < -0.4 is 16.0 Å². The molecule has 6 heteroatoms. The minimum atomic E-state index is -0.949. The fourth-order valence-electron chi connectivity index (χ4n) is 1.83. The highest BCUT2D eigenvalue weighted by molar-refractivity contribution is 7.80. The summed E-state index contributed by atoms with van der Waals surface area (Å²) in [5.74, 6) is -0.950. The number of thiocarbonyl (C=S) groups is 1. The van der Waals surface area contributed by atoms with Crippen molar-refractivity contribution < 1.29 is 9.59 Å². The lowest BCUT2D eigenvalue weighted by Crippen LogP contribution is -2.54. The maximum absolute atomic E-state index is 12.0. The number of carbonyl (C=O) groups excluding carboxylic acids is 2. The van der Waals surface area contributed by atoms with Crippen molar-refractivity contribution in [3.63, 3.8) is 0 Å². The first-order valence-corrected chi connectivity index (χ1v) is 6.45. The van der Waals surface area contributed by atoms with E-state index >= 15 is 0 Å². The number of nitrogens with one attached hydrogen (secondary N) is 1. The van der Waals surface area contributed by atoms with E-state index in [1.165, 1.54) is 6.08 Å². The number of piperidine rings is 1. The second-order valence-corrected chi connectivity index (χ2v) is 5.14. The van der Waals surface area contributed by atoms with E-state index in [1.807, 2.05) is 43.3 Å². The van der Waals surface area contributed by atoms with Gasteiger partial charge in [-0.05, 0) is 23.8 Å². The minimum Gasteiger partial charge on any atom is -0.378 e. The number of carbonyl (C=O) groups is 2. The van der Waals surface area contributed by atoms with Crippen molar-refractivity contribution in [3.8, 4) is 0 Å². The molecule has 20 heavy (non-hydrogen) atoms. The molecular formula is C14H15N3O2S. The highest BCUT2D eigenvalue weighted by Gasteiger charge is 2.33. The zero-order chi connectivity index (χ0) is 14.9. The van der Waals surface area contributed by atoms with Crippen LogP contribution in [0.15, 0.2) is 29.8 Å². The van der Waals surface area contributed by atoms with Crippen LogP contribution in [0.5, 0.6) is 0 Å². The molecule has 0 aromatic heterocycles. The van der Waals surface area contributed by atoms with Crippen molar-refractivity contribution in [3.05, 3.63) is 35.4 Å². The Morgan fingerprint density at radius 3 is 2.40 bits per heavy atom. The number of benzene rings is 1. The van der Waals surface area contributed by atoms with Gasteiger partial charge >= 0.3 is 0 Å². The van der Waals surface area contributed by atoms with E-state index < -0.39 is 17.7 Å².